The lowest BCUT2D eigenvalue weighted by Gasteiger charge is -2.28. The van der Waals surface area contributed by atoms with Crippen molar-refractivity contribution in [3.8, 4) is 11.4 Å². The van der Waals surface area contributed by atoms with Gasteiger partial charge in [-0.15, -0.1) is 5.10 Å². The van der Waals surface area contributed by atoms with Gasteiger partial charge in [-0.2, -0.15) is 0 Å². The van der Waals surface area contributed by atoms with E-state index in [0.29, 0.717) is 28.5 Å². The molecule has 1 aromatic carbocycles. The number of benzene rings is 1. The molecule has 9 heteroatoms. The maximum Gasteiger partial charge on any atom is 0.237 e. The van der Waals surface area contributed by atoms with Crippen molar-refractivity contribution in [3.63, 3.8) is 0 Å². The smallest absolute Gasteiger partial charge is 0.237 e. The molecule has 1 aliphatic heterocycles. The largest absolute Gasteiger partial charge is 0.489 e. The Labute approximate surface area is 169 Å². The van der Waals surface area contributed by atoms with Gasteiger partial charge in [-0.05, 0) is 30.8 Å². The Kier molecular flexibility index (Phi) is 5.24. The number of anilines is 1. The van der Waals surface area contributed by atoms with Crippen LogP contribution in [-0.4, -0.2) is 39.6 Å². The molecule has 0 aliphatic carbocycles. The molecule has 0 bridgehead atoms. The highest BCUT2D eigenvalue weighted by atomic mass is 32.2. The Bertz CT molecular complexity index is 1050. The Morgan fingerprint density at radius 2 is 2.19 bits per heavy atom. The van der Waals surface area contributed by atoms with E-state index >= 15 is 0 Å². The predicted octanol–water partition coefficient (Wildman–Crippen LogP) is 3.88. The van der Waals surface area contributed by atoms with Crippen LogP contribution in [0.2, 0.25) is 0 Å². The summed E-state index contributed by atoms with van der Waals surface area (Å²) in [6.07, 6.45) is 3.32. The highest BCUT2D eigenvalue weighted by Crippen LogP contribution is 2.31. The number of fused-ring (bicyclic) bond motifs is 1. The van der Waals surface area contributed by atoms with Gasteiger partial charge >= 0.3 is 0 Å². The molecule has 2 aromatic heterocycles. The van der Waals surface area contributed by atoms with Gasteiger partial charge in [0, 0.05) is 12.3 Å². The molecule has 0 saturated carbocycles. The van der Waals surface area contributed by atoms with E-state index in [1.165, 1.54) is 23.1 Å². The Hall–Kier alpha value is -2.23. The van der Waals surface area contributed by atoms with E-state index in [0.717, 1.165) is 15.6 Å². The molecule has 0 unspecified atom stereocenters. The van der Waals surface area contributed by atoms with Crippen LogP contribution in [-0.2, 0) is 4.79 Å². The van der Waals surface area contributed by atoms with Crippen LogP contribution in [0, 0.1) is 10.9 Å². The fourth-order valence-corrected chi connectivity index (χ4v) is 5.02. The van der Waals surface area contributed by atoms with E-state index in [1.807, 2.05) is 31.2 Å². The highest BCUT2D eigenvalue weighted by Gasteiger charge is 2.24. The third kappa shape index (κ3) is 3.76. The van der Waals surface area contributed by atoms with Gasteiger partial charge in [-0.1, -0.05) is 41.3 Å². The van der Waals surface area contributed by atoms with Crippen LogP contribution in [0.5, 0.6) is 5.75 Å². The number of hydrogen-bond acceptors (Lipinski definition) is 7. The van der Waals surface area contributed by atoms with E-state index in [9.17, 15) is 4.79 Å². The van der Waals surface area contributed by atoms with Crippen LogP contribution in [0.1, 0.15) is 5.56 Å². The van der Waals surface area contributed by atoms with Crippen molar-refractivity contribution < 1.29 is 9.53 Å². The van der Waals surface area contributed by atoms with Crippen LogP contribution < -0.4 is 9.64 Å². The van der Waals surface area contributed by atoms with Crippen molar-refractivity contribution in [3.05, 3.63) is 52.2 Å². The third-order valence-corrected chi connectivity index (χ3v) is 6.47. The maximum atomic E-state index is 12.7. The van der Waals surface area contributed by atoms with Gasteiger partial charge in [0.2, 0.25) is 5.91 Å². The van der Waals surface area contributed by atoms with Crippen molar-refractivity contribution in [2.75, 3.05) is 23.8 Å². The molecule has 0 saturated heterocycles. The summed E-state index contributed by atoms with van der Waals surface area (Å²) in [6, 6.07) is 9.73. The average molecular weight is 417 g/mol. The maximum absolute atomic E-state index is 12.7. The zero-order valence-corrected chi connectivity index (χ0v) is 16.9. The van der Waals surface area contributed by atoms with Crippen molar-refractivity contribution in [1.82, 2.24) is 14.8 Å². The minimum Gasteiger partial charge on any atom is -0.489 e. The van der Waals surface area contributed by atoms with Crippen LogP contribution >= 0.6 is 35.3 Å². The van der Waals surface area contributed by atoms with Crippen LogP contribution in [0.15, 0.2) is 47.1 Å². The van der Waals surface area contributed by atoms with E-state index < -0.39 is 0 Å². The van der Waals surface area contributed by atoms with E-state index in [-0.39, 0.29) is 11.7 Å². The highest BCUT2D eigenvalue weighted by molar-refractivity contribution is 8.01. The molecule has 0 atom stereocenters. The first-order chi connectivity index (χ1) is 13.1. The monoisotopic (exact) mass is 416 g/mol. The minimum atomic E-state index is 0.00103. The first-order valence-electron chi connectivity index (χ1n) is 8.29. The summed E-state index contributed by atoms with van der Waals surface area (Å²) in [5, 5.41) is 4.59. The molecule has 138 valence electrons. The summed E-state index contributed by atoms with van der Waals surface area (Å²) in [7, 11) is 0. The van der Waals surface area contributed by atoms with Gasteiger partial charge in [0.25, 0.3) is 0 Å². The number of nitrogens with zero attached hydrogens (tertiary/aromatic N) is 4. The van der Waals surface area contributed by atoms with Crippen LogP contribution in [0.25, 0.3) is 5.69 Å². The molecule has 3 aromatic rings. The van der Waals surface area contributed by atoms with E-state index in [4.69, 9.17) is 17.0 Å². The number of para-hydroxylation sites is 1. The second-order valence-corrected chi connectivity index (χ2v) is 8.70. The molecule has 6 nitrogen and oxygen atoms in total. The molecule has 4 rings (SSSR count). The number of hydrogen-bond donors (Lipinski definition) is 0. The molecule has 0 fully saturated rings. The molecule has 3 heterocycles. The molecule has 0 N–H and O–H groups in total. The van der Waals surface area contributed by atoms with Crippen molar-refractivity contribution in [1.29, 1.82) is 0 Å². The molecule has 0 radical (unpaired) electrons. The van der Waals surface area contributed by atoms with Crippen molar-refractivity contribution in [2.24, 2.45) is 0 Å². The molecule has 27 heavy (non-hydrogen) atoms. The van der Waals surface area contributed by atoms with Gasteiger partial charge in [-0.3, -0.25) is 9.78 Å². The lowest BCUT2D eigenvalue weighted by molar-refractivity contribution is -0.116. The number of amides is 1. The number of aryl methyl sites for hydroxylation is 1. The number of thioether (sulfide) groups is 1. The summed E-state index contributed by atoms with van der Waals surface area (Å²) < 4.78 is 8.78. The number of rotatable bonds is 4. The number of carbonyl (C=O) groups excluding carboxylic acids is 1. The molecule has 0 spiro atoms. The predicted molar refractivity (Wildman–Crippen MR) is 110 cm³/mol. The Morgan fingerprint density at radius 3 is 3.04 bits per heavy atom. The minimum absolute atomic E-state index is 0.00103. The second kappa shape index (κ2) is 7.79. The fourth-order valence-electron chi connectivity index (χ4n) is 2.80. The summed E-state index contributed by atoms with van der Waals surface area (Å²) >= 11 is 8.27. The first-order valence-corrected chi connectivity index (χ1v) is 10.5. The number of carbonyl (C=O) groups is 1. The summed E-state index contributed by atoms with van der Waals surface area (Å²) in [5.74, 6) is 0.972. The lowest BCUT2D eigenvalue weighted by Crippen LogP contribution is -2.39. The van der Waals surface area contributed by atoms with E-state index in [2.05, 4.69) is 10.1 Å². The summed E-state index contributed by atoms with van der Waals surface area (Å²) in [4.78, 5) is 18.5. The van der Waals surface area contributed by atoms with Crippen molar-refractivity contribution >= 4 is 46.9 Å². The quantitative estimate of drug-likeness (QED) is 0.475. The summed E-state index contributed by atoms with van der Waals surface area (Å²) in [5.41, 5.74) is 2.78. The van der Waals surface area contributed by atoms with Crippen LogP contribution in [0.4, 0.5) is 5.69 Å². The second-order valence-electron chi connectivity index (χ2n) is 5.86. The number of pyridine rings is 1. The van der Waals surface area contributed by atoms with Gasteiger partial charge in [0.15, 0.2) is 8.29 Å². The average Bonchev–Trinajstić information content (AvgIpc) is 3.06. The lowest BCUT2D eigenvalue weighted by atomic mass is 10.2. The molecule has 1 amide bonds. The summed E-state index contributed by atoms with van der Waals surface area (Å²) in [6.45, 7) is 3.02. The van der Waals surface area contributed by atoms with Gasteiger partial charge in [-0.25, -0.2) is 4.68 Å². The molecular formula is C18H16N4O2S3. The number of ether oxygens (including phenoxy) is 1. The Balaban J connectivity index is 1.49. The zero-order chi connectivity index (χ0) is 18.8. The van der Waals surface area contributed by atoms with Gasteiger partial charge < -0.3 is 9.64 Å². The normalized spacial score (nSPS) is 13.1. The molecule has 1 aliphatic rings. The first kappa shape index (κ1) is 18.1. The van der Waals surface area contributed by atoms with Gasteiger partial charge in [0.1, 0.15) is 18.0 Å². The van der Waals surface area contributed by atoms with Crippen molar-refractivity contribution in [2.45, 2.75) is 11.3 Å². The van der Waals surface area contributed by atoms with Gasteiger partial charge in [0.05, 0.1) is 24.2 Å². The van der Waals surface area contributed by atoms with E-state index in [1.54, 1.807) is 28.0 Å². The zero-order valence-electron chi connectivity index (χ0n) is 14.5. The van der Waals surface area contributed by atoms with Crippen LogP contribution in [0.3, 0.4) is 0 Å². The Morgan fingerprint density at radius 1 is 1.33 bits per heavy atom. The molecular weight excluding hydrogens is 400 g/mol. The standard InChI is InChI=1S/C18H16N4O2S3/c1-12-4-2-3-5-13(12)22-18(25)27-17(20-22)26-11-16(23)21-8-9-24-15-6-7-19-10-14(15)21/h2-7,10H,8-9,11H2,1H3. The SMILES string of the molecule is Cc1ccccc1-n1nc(SCC(=O)N2CCOc3ccncc32)sc1=S. The fraction of sp³-hybridized carbons (Fsp3) is 0.222. The third-order valence-electron chi connectivity index (χ3n) is 4.12. The number of aromatic nitrogens is 3. The topological polar surface area (TPSA) is 60.2 Å².